The second-order valence-corrected chi connectivity index (χ2v) is 7.79. The molecule has 1 aliphatic carbocycles. The molecule has 2 aliphatic rings. The lowest BCUT2D eigenvalue weighted by Crippen LogP contribution is -2.51. The van der Waals surface area contributed by atoms with Crippen molar-refractivity contribution in [1.82, 2.24) is 9.80 Å². The molecule has 146 valence electrons. The Bertz CT molecular complexity index is 732. The molecule has 27 heavy (non-hydrogen) atoms. The number of Topliss-reactive ketones (excluding diaryl/α,β-unsaturated/α-hetero) is 1. The number of carbonyl (C=O) groups excluding carboxylic acids is 1. The van der Waals surface area contributed by atoms with Crippen LogP contribution in [0.2, 0.25) is 0 Å². The van der Waals surface area contributed by atoms with Gasteiger partial charge in [-0.25, -0.2) is 0 Å². The fourth-order valence-electron chi connectivity index (χ4n) is 4.42. The van der Waals surface area contributed by atoms with Crippen molar-refractivity contribution in [3.05, 3.63) is 59.2 Å². The number of allylic oxidation sites excluding steroid dienone is 1. The van der Waals surface area contributed by atoms with Gasteiger partial charge < -0.3 is 4.74 Å². The highest BCUT2D eigenvalue weighted by atomic mass is 16.5. The molecule has 1 saturated heterocycles. The highest BCUT2D eigenvalue weighted by molar-refractivity contribution is 6.02. The Morgan fingerprint density at radius 1 is 1.26 bits per heavy atom. The van der Waals surface area contributed by atoms with Gasteiger partial charge in [0.1, 0.15) is 0 Å². The minimum atomic E-state index is -0.196. The Hall–Kier alpha value is -1.75. The van der Waals surface area contributed by atoms with Gasteiger partial charge in [0, 0.05) is 18.7 Å². The molecule has 2 unspecified atom stereocenters. The Labute approximate surface area is 163 Å². The van der Waals surface area contributed by atoms with Crippen LogP contribution in [0.4, 0.5) is 0 Å². The number of carbonyl (C=O) groups is 1. The minimum Gasteiger partial charge on any atom is -0.379 e. The summed E-state index contributed by atoms with van der Waals surface area (Å²) in [5.41, 5.74) is 3.26. The number of hydrogen-bond acceptors (Lipinski definition) is 4. The number of ketones is 1. The average Bonchev–Trinajstić information content (AvgIpc) is 2.69. The Kier molecular flexibility index (Phi) is 6.30. The average molecular weight is 369 g/mol. The van der Waals surface area contributed by atoms with Crippen molar-refractivity contribution in [2.45, 2.75) is 38.3 Å². The molecule has 2 atom stereocenters. The van der Waals surface area contributed by atoms with Gasteiger partial charge in [-0.3, -0.25) is 14.6 Å². The Balaban J connectivity index is 1.94. The zero-order chi connectivity index (χ0) is 19.4. The van der Waals surface area contributed by atoms with Gasteiger partial charge in [-0.05, 0) is 45.0 Å². The number of rotatable bonds is 6. The van der Waals surface area contributed by atoms with Crippen LogP contribution >= 0.6 is 0 Å². The molecule has 1 heterocycles. The highest BCUT2D eigenvalue weighted by Gasteiger charge is 2.39. The first-order chi connectivity index (χ1) is 13.0. The minimum absolute atomic E-state index is 0.0600. The largest absolute Gasteiger partial charge is 0.379 e. The summed E-state index contributed by atoms with van der Waals surface area (Å²) < 4.78 is 5.59. The quantitative estimate of drug-likeness (QED) is 0.771. The normalized spacial score (nSPS) is 24.7. The molecule has 0 bridgehead atoms. The first-order valence-corrected chi connectivity index (χ1v) is 9.98. The summed E-state index contributed by atoms with van der Waals surface area (Å²) in [5, 5.41) is 0. The molecule has 1 fully saturated rings. The number of morpholine rings is 1. The molecule has 1 aromatic carbocycles. The first kappa shape index (κ1) is 20.0. The molecule has 3 rings (SSSR count). The number of hydrogen-bond donors (Lipinski definition) is 0. The molecular formula is C23H32N2O2. The lowest BCUT2D eigenvalue weighted by molar-refractivity contribution is -0.119. The van der Waals surface area contributed by atoms with Crippen molar-refractivity contribution in [3.8, 4) is 0 Å². The topological polar surface area (TPSA) is 32.8 Å². The lowest BCUT2D eigenvalue weighted by atomic mass is 9.77. The number of aryl methyl sites for hydroxylation is 1. The highest BCUT2D eigenvalue weighted by Crippen LogP contribution is 2.40. The van der Waals surface area contributed by atoms with Crippen molar-refractivity contribution in [2.75, 3.05) is 40.4 Å². The zero-order valence-electron chi connectivity index (χ0n) is 17.1. The Morgan fingerprint density at radius 3 is 2.52 bits per heavy atom. The van der Waals surface area contributed by atoms with Gasteiger partial charge in [0.05, 0.1) is 24.8 Å². The predicted octanol–water partition coefficient (Wildman–Crippen LogP) is 3.32. The Morgan fingerprint density at radius 2 is 1.96 bits per heavy atom. The van der Waals surface area contributed by atoms with Crippen LogP contribution in [0.3, 0.4) is 0 Å². The lowest BCUT2D eigenvalue weighted by Gasteiger charge is -2.46. The second kappa shape index (κ2) is 8.51. The molecule has 4 nitrogen and oxygen atoms in total. The van der Waals surface area contributed by atoms with Gasteiger partial charge in [0.25, 0.3) is 0 Å². The van der Waals surface area contributed by atoms with Crippen molar-refractivity contribution in [3.63, 3.8) is 0 Å². The van der Waals surface area contributed by atoms with Crippen LogP contribution in [-0.2, 0) is 15.1 Å². The summed E-state index contributed by atoms with van der Waals surface area (Å²) in [6.07, 6.45) is 8.11. The van der Waals surface area contributed by atoms with Gasteiger partial charge in [0.2, 0.25) is 0 Å². The van der Waals surface area contributed by atoms with Crippen LogP contribution in [0, 0.1) is 6.92 Å². The summed E-state index contributed by atoms with van der Waals surface area (Å²) >= 11 is 0. The zero-order valence-corrected chi connectivity index (χ0v) is 17.1. The van der Waals surface area contributed by atoms with Crippen molar-refractivity contribution >= 4 is 5.78 Å². The molecule has 4 heteroatoms. The van der Waals surface area contributed by atoms with Crippen LogP contribution in [-0.4, -0.2) is 62.0 Å². The standard InChI is InChI=1S/C23H32N2O2/c1-5-21(24(3)4)22(26)19-10-12-23(13-11-19,25-14-16-27-17-15-25)20-9-7-6-8-18(20)2/h6-12,21H,5,13-17H2,1-4H3. The molecule has 0 aromatic heterocycles. The van der Waals surface area contributed by atoms with E-state index in [2.05, 4.69) is 61.2 Å². The SMILES string of the molecule is CCC(C(=O)C1=CCC(c2ccccc2C)(N2CCOCC2)C=C1)N(C)C. The molecule has 0 N–H and O–H groups in total. The van der Waals surface area contributed by atoms with Crippen LogP contribution in [0.5, 0.6) is 0 Å². The van der Waals surface area contributed by atoms with Gasteiger partial charge in [0.15, 0.2) is 5.78 Å². The van der Waals surface area contributed by atoms with Gasteiger partial charge in [-0.1, -0.05) is 49.4 Å². The maximum Gasteiger partial charge on any atom is 0.179 e. The predicted molar refractivity (Wildman–Crippen MR) is 110 cm³/mol. The van der Waals surface area contributed by atoms with Crippen LogP contribution < -0.4 is 0 Å². The number of likely N-dealkylation sites (N-methyl/N-ethyl adjacent to an activating group) is 1. The first-order valence-electron chi connectivity index (χ1n) is 9.98. The molecule has 0 spiro atoms. The number of benzene rings is 1. The van der Waals surface area contributed by atoms with Gasteiger partial charge in [-0.15, -0.1) is 0 Å². The van der Waals surface area contributed by atoms with Crippen molar-refractivity contribution in [2.24, 2.45) is 0 Å². The monoisotopic (exact) mass is 368 g/mol. The van der Waals surface area contributed by atoms with E-state index in [0.717, 1.165) is 44.7 Å². The smallest absolute Gasteiger partial charge is 0.179 e. The molecular weight excluding hydrogens is 336 g/mol. The molecule has 1 aromatic rings. The van der Waals surface area contributed by atoms with E-state index in [1.54, 1.807) is 0 Å². The third-order valence-corrected chi connectivity index (χ3v) is 5.96. The third-order valence-electron chi connectivity index (χ3n) is 5.96. The van der Waals surface area contributed by atoms with Crippen molar-refractivity contribution in [1.29, 1.82) is 0 Å². The van der Waals surface area contributed by atoms with Crippen LogP contribution in [0.1, 0.15) is 30.9 Å². The van der Waals surface area contributed by atoms with E-state index in [1.165, 1.54) is 11.1 Å². The van der Waals surface area contributed by atoms with Crippen molar-refractivity contribution < 1.29 is 9.53 Å². The van der Waals surface area contributed by atoms with E-state index in [-0.39, 0.29) is 17.4 Å². The summed E-state index contributed by atoms with van der Waals surface area (Å²) in [6, 6.07) is 8.54. The van der Waals surface area contributed by atoms with E-state index >= 15 is 0 Å². The maximum atomic E-state index is 13.0. The fraction of sp³-hybridized carbons (Fsp3) is 0.522. The van der Waals surface area contributed by atoms with Crippen LogP contribution in [0.25, 0.3) is 0 Å². The summed E-state index contributed by atoms with van der Waals surface area (Å²) in [4.78, 5) is 17.5. The molecule has 0 amide bonds. The van der Waals surface area contributed by atoms with E-state index in [1.807, 2.05) is 19.0 Å². The van der Waals surface area contributed by atoms with Gasteiger partial charge >= 0.3 is 0 Å². The molecule has 1 aliphatic heterocycles. The summed E-state index contributed by atoms with van der Waals surface area (Å²) in [6.45, 7) is 7.58. The number of nitrogens with zero attached hydrogens (tertiary/aromatic N) is 2. The van der Waals surface area contributed by atoms with E-state index in [4.69, 9.17) is 4.74 Å². The molecule has 0 saturated carbocycles. The van der Waals surface area contributed by atoms with Crippen LogP contribution in [0.15, 0.2) is 48.1 Å². The van der Waals surface area contributed by atoms with E-state index in [9.17, 15) is 4.79 Å². The van der Waals surface area contributed by atoms with Gasteiger partial charge in [-0.2, -0.15) is 0 Å². The van der Waals surface area contributed by atoms with E-state index in [0.29, 0.717) is 0 Å². The summed E-state index contributed by atoms with van der Waals surface area (Å²) in [5.74, 6) is 0.221. The second-order valence-electron chi connectivity index (χ2n) is 7.79. The third kappa shape index (κ3) is 3.93. The summed E-state index contributed by atoms with van der Waals surface area (Å²) in [7, 11) is 3.95. The maximum absolute atomic E-state index is 13.0. The molecule has 0 radical (unpaired) electrons. The van der Waals surface area contributed by atoms with E-state index < -0.39 is 0 Å². The fourth-order valence-corrected chi connectivity index (χ4v) is 4.42. The number of ether oxygens (including phenoxy) is 1.